The topological polar surface area (TPSA) is 59.4 Å². The Morgan fingerprint density at radius 1 is 1.15 bits per heavy atom. The van der Waals surface area contributed by atoms with E-state index in [-0.39, 0.29) is 0 Å². The van der Waals surface area contributed by atoms with E-state index in [0.29, 0.717) is 5.82 Å². The lowest BCUT2D eigenvalue weighted by Crippen LogP contribution is -2.02. The van der Waals surface area contributed by atoms with Crippen molar-refractivity contribution in [2.75, 3.05) is 12.5 Å². The van der Waals surface area contributed by atoms with E-state index >= 15 is 0 Å². The summed E-state index contributed by atoms with van der Waals surface area (Å²) in [6.07, 6.45) is 0. The second-order valence-corrected chi connectivity index (χ2v) is 4.48. The van der Waals surface area contributed by atoms with Crippen molar-refractivity contribution >= 4 is 11.5 Å². The van der Waals surface area contributed by atoms with Crippen molar-refractivity contribution < 1.29 is 4.74 Å². The fourth-order valence-corrected chi connectivity index (χ4v) is 1.81. The zero-order chi connectivity index (χ0) is 14.5. The summed E-state index contributed by atoms with van der Waals surface area (Å²) in [7, 11) is 1.65. The number of hydrogen-bond acceptors (Lipinski definition) is 5. The molecule has 1 heterocycles. The summed E-state index contributed by atoms with van der Waals surface area (Å²) in [5, 5.41) is 4.34. The molecular weight excluding hydrogens is 252 g/mol. The fraction of sp³-hybridized carbons (Fsp3) is 0.267. The molecule has 0 fully saturated rings. The Bertz CT molecular complexity index is 600. The maximum atomic E-state index is 5.13. The van der Waals surface area contributed by atoms with Crippen LogP contribution in [0, 0.1) is 13.8 Å². The minimum Gasteiger partial charge on any atom is -0.497 e. The third kappa shape index (κ3) is 3.54. The number of anilines is 1. The Hall–Kier alpha value is -2.43. The Kier molecular flexibility index (Phi) is 4.30. The van der Waals surface area contributed by atoms with Crippen molar-refractivity contribution in [1.29, 1.82) is 0 Å². The first kappa shape index (κ1) is 14.0. The highest BCUT2D eigenvalue weighted by molar-refractivity contribution is 5.99. The highest BCUT2D eigenvalue weighted by atomic mass is 16.5. The molecule has 1 aromatic carbocycles. The van der Waals surface area contributed by atoms with Gasteiger partial charge in [-0.2, -0.15) is 5.10 Å². The van der Waals surface area contributed by atoms with E-state index < -0.39 is 0 Å². The lowest BCUT2D eigenvalue weighted by Gasteiger charge is -2.05. The second-order valence-electron chi connectivity index (χ2n) is 4.48. The van der Waals surface area contributed by atoms with Gasteiger partial charge in [0.2, 0.25) is 0 Å². The molecule has 0 amide bonds. The molecule has 20 heavy (non-hydrogen) atoms. The Balaban J connectivity index is 2.13. The van der Waals surface area contributed by atoms with Crippen LogP contribution < -0.4 is 10.2 Å². The van der Waals surface area contributed by atoms with Crippen LogP contribution in [0.25, 0.3) is 0 Å². The van der Waals surface area contributed by atoms with Crippen LogP contribution in [-0.4, -0.2) is 22.8 Å². The van der Waals surface area contributed by atoms with Gasteiger partial charge in [-0.15, -0.1) is 0 Å². The van der Waals surface area contributed by atoms with E-state index in [1.54, 1.807) is 7.11 Å². The van der Waals surface area contributed by atoms with Gasteiger partial charge in [0.25, 0.3) is 0 Å². The molecule has 0 spiro atoms. The second kappa shape index (κ2) is 6.14. The standard InChI is InChI=1S/C15H18N4O/c1-10-9-15(17-12(3)16-10)19-18-11(2)13-5-7-14(20-4)8-6-13/h5-9H,1-4H3,(H,16,17,19)/b18-11+. The molecular formula is C15H18N4O. The first-order chi connectivity index (χ1) is 9.58. The van der Waals surface area contributed by atoms with Crippen LogP contribution in [0.15, 0.2) is 35.4 Å². The molecule has 0 saturated carbocycles. The van der Waals surface area contributed by atoms with E-state index in [2.05, 4.69) is 20.5 Å². The van der Waals surface area contributed by atoms with Crippen molar-refractivity contribution in [2.45, 2.75) is 20.8 Å². The third-order valence-corrected chi connectivity index (χ3v) is 2.81. The molecule has 0 aliphatic heterocycles. The number of hydrazone groups is 1. The highest BCUT2D eigenvalue weighted by Gasteiger charge is 2.00. The van der Waals surface area contributed by atoms with Gasteiger partial charge in [0.05, 0.1) is 12.8 Å². The first-order valence-electron chi connectivity index (χ1n) is 6.35. The molecule has 2 aromatic rings. The van der Waals surface area contributed by atoms with E-state index in [9.17, 15) is 0 Å². The molecule has 0 radical (unpaired) electrons. The molecule has 0 atom stereocenters. The minimum atomic E-state index is 0.697. The predicted molar refractivity (Wildman–Crippen MR) is 80.3 cm³/mol. The van der Waals surface area contributed by atoms with Crippen molar-refractivity contribution in [2.24, 2.45) is 5.10 Å². The van der Waals surface area contributed by atoms with Crippen LogP contribution in [0.1, 0.15) is 24.0 Å². The average molecular weight is 270 g/mol. The van der Waals surface area contributed by atoms with Gasteiger partial charge < -0.3 is 4.74 Å². The number of aryl methyl sites for hydroxylation is 2. The van der Waals surface area contributed by atoms with Crippen LogP contribution in [0.4, 0.5) is 5.82 Å². The van der Waals surface area contributed by atoms with Gasteiger partial charge in [-0.05, 0) is 50.6 Å². The first-order valence-corrected chi connectivity index (χ1v) is 6.35. The molecule has 1 N–H and O–H groups in total. The molecule has 0 saturated heterocycles. The van der Waals surface area contributed by atoms with Gasteiger partial charge in [-0.3, -0.25) is 5.43 Å². The SMILES string of the molecule is COc1ccc(/C(C)=N/Nc2cc(C)nc(C)n2)cc1. The van der Waals surface area contributed by atoms with E-state index in [0.717, 1.165) is 28.5 Å². The predicted octanol–water partition coefficient (Wildman–Crippen LogP) is 2.94. The number of ether oxygens (including phenoxy) is 1. The molecule has 0 bridgehead atoms. The molecule has 1 aromatic heterocycles. The fourth-order valence-electron chi connectivity index (χ4n) is 1.81. The van der Waals surface area contributed by atoms with Crippen LogP contribution in [0.2, 0.25) is 0 Å². The highest BCUT2D eigenvalue weighted by Crippen LogP contribution is 2.12. The average Bonchev–Trinajstić information content (AvgIpc) is 2.44. The van der Waals surface area contributed by atoms with Crippen LogP contribution in [0.5, 0.6) is 5.75 Å². The molecule has 5 nitrogen and oxygen atoms in total. The number of nitrogens with one attached hydrogen (secondary N) is 1. The molecule has 104 valence electrons. The number of nitrogens with zero attached hydrogens (tertiary/aromatic N) is 3. The van der Waals surface area contributed by atoms with E-state index in [1.165, 1.54) is 0 Å². The number of aromatic nitrogens is 2. The number of hydrogen-bond donors (Lipinski definition) is 1. The summed E-state index contributed by atoms with van der Waals surface area (Å²) in [6, 6.07) is 9.62. The van der Waals surface area contributed by atoms with E-state index in [4.69, 9.17) is 4.74 Å². The van der Waals surface area contributed by atoms with Crippen molar-refractivity contribution in [3.63, 3.8) is 0 Å². The zero-order valence-corrected chi connectivity index (χ0v) is 12.1. The summed E-state index contributed by atoms with van der Waals surface area (Å²) in [6.45, 7) is 5.73. The lowest BCUT2D eigenvalue weighted by atomic mass is 10.1. The molecule has 0 unspecified atom stereocenters. The molecule has 0 aliphatic carbocycles. The Labute approximate surface area is 118 Å². The van der Waals surface area contributed by atoms with Crippen molar-refractivity contribution in [3.8, 4) is 5.75 Å². The largest absolute Gasteiger partial charge is 0.497 e. The van der Waals surface area contributed by atoms with Crippen LogP contribution in [0.3, 0.4) is 0 Å². The van der Waals surface area contributed by atoms with Gasteiger partial charge in [0.15, 0.2) is 0 Å². The number of benzene rings is 1. The summed E-state index contributed by atoms with van der Waals surface area (Å²) >= 11 is 0. The van der Waals surface area contributed by atoms with Gasteiger partial charge in [0.1, 0.15) is 17.4 Å². The Morgan fingerprint density at radius 2 is 1.85 bits per heavy atom. The maximum Gasteiger partial charge on any atom is 0.150 e. The Morgan fingerprint density at radius 3 is 2.45 bits per heavy atom. The summed E-state index contributed by atoms with van der Waals surface area (Å²) in [4.78, 5) is 8.50. The van der Waals surface area contributed by atoms with Crippen LogP contribution in [-0.2, 0) is 0 Å². The summed E-state index contributed by atoms with van der Waals surface area (Å²) in [5.41, 5.74) is 5.78. The molecule has 2 rings (SSSR count). The van der Waals surface area contributed by atoms with Crippen molar-refractivity contribution in [3.05, 3.63) is 47.4 Å². The summed E-state index contributed by atoms with van der Waals surface area (Å²) < 4.78 is 5.13. The van der Waals surface area contributed by atoms with E-state index in [1.807, 2.05) is 51.1 Å². The third-order valence-electron chi connectivity index (χ3n) is 2.81. The van der Waals surface area contributed by atoms with Gasteiger partial charge >= 0.3 is 0 Å². The monoisotopic (exact) mass is 270 g/mol. The lowest BCUT2D eigenvalue weighted by molar-refractivity contribution is 0.415. The number of methoxy groups -OCH3 is 1. The normalized spacial score (nSPS) is 11.3. The smallest absolute Gasteiger partial charge is 0.150 e. The van der Waals surface area contributed by atoms with Gasteiger partial charge in [-0.25, -0.2) is 9.97 Å². The quantitative estimate of drug-likeness (QED) is 0.685. The zero-order valence-electron chi connectivity index (χ0n) is 12.1. The van der Waals surface area contributed by atoms with Crippen LogP contribution >= 0.6 is 0 Å². The summed E-state index contributed by atoms with van der Waals surface area (Å²) in [5.74, 6) is 2.25. The number of rotatable bonds is 4. The van der Waals surface area contributed by atoms with Gasteiger partial charge in [0, 0.05) is 11.8 Å². The minimum absolute atomic E-state index is 0.697. The van der Waals surface area contributed by atoms with Gasteiger partial charge in [-0.1, -0.05) is 0 Å². The molecule has 0 aliphatic rings. The van der Waals surface area contributed by atoms with Crippen molar-refractivity contribution in [1.82, 2.24) is 9.97 Å². The maximum absolute atomic E-state index is 5.13. The molecule has 5 heteroatoms.